The summed E-state index contributed by atoms with van der Waals surface area (Å²) in [5.74, 6) is -3.25. The predicted octanol–water partition coefficient (Wildman–Crippen LogP) is 5.27. The third-order valence-electron chi connectivity index (χ3n) is 4.14. The molecule has 0 spiro atoms. The van der Waals surface area contributed by atoms with E-state index in [9.17, 15) is 21.6 Å². The van der Waals surface area contributed by atoms with E-state index in [1.54, 1.807) is 12.1 Å². The lowest BCUT2D eigenvalue weighted by atomic mass is 9.78. The maximum absolute atomic E-state index is 14.3. The summed E-state index contributed by atoms with van der Waals surface area (Å²) in [7, 11) is -3.31. The van der Waals surface area contributed by atoms with Crippen molar-refractivity contribution in [2.75, 3.05) is 6.26 Å². The van der Waals surface area contributed by atoms with Crippen molar-refractivity contribution in [2.45, 2.75) is 44.4 Å². The molecule has 2 rings (SSSR count). The molecule has 0 saturated carbocycles. The Hall–Kier alpha value is -1.82. The maximum atomic E-state index is 14.3. The van der Waals surface area contributed by atoms with E-state index in [0.717, 1.165) is 11.8 Å². The molecule has 2 aromatic carbocycles. The molecule has 0 radical (unpaired) electrons. The number of hydrogen-bond donors (Lipinski definition) is 0. The Morgan fingerprint density at radius 1 is 0.962 bits per heavy atom. The molecule has 6 heteroatoms. The summed E-state index contributed by atoms with van der Waals surface area (Å²) in [6.07, 6.45) is 1.93. The van der Waals surface area contributed by atoms with Crippen LogP contribution in [0.25, 0.3) is 0 Å². The molecule has 1 unspecified atom stereocenters. The summed E-state index contributed by atoms with van der Waals surface area (Å²) in [4.78, 5) is 0.188. The smallest absolute Gasteiger partial charge is 0.175 e. The van der Waals surface area contributed by atoms with Gasteiger partial charge in [0.2, 0.25) is 0 Å². The lowest BCUT2D eigenvalue weighted by molar-refractivity contribution is 0.328. The molecule has 0 aliphatic carbocycles. The first-order chi connectivity index (χ1) is 11.9. The number of sulfone groups is 1. The van der Waals surface area contributed by atoms with Gasteiger partial charge in [0.1, 0.15) is 17.5 Å². The Balaban J connectivity index is 2.41. The standard InChI is InChI=1S/C20H23F3O2S/c1-20(2,3)12-14(19-17(22)10-15(21)11-18(19)23)9-13-5-7-16(8-6-13)26(4,24)25/h5-8,10-11,14H,9,12H2,1-4H3. The van der Waals surface area contributed by atoms with Gasteiger partial charge in [0.25, 0.3) is 0 Å². The minimum Gasteiger partial charge on any atom is -0.224 e. The van der Waals surface area contributed by atoms with E-state index in [2.05, 4.69) is 0 Å². The second-order valence-electron chi connectivity index (χ2n) is 7.87. The van der Waals surface area contributed by atoms with Crippen LogP contribution in [0, 0.1) is 22.9 Å². The zero-order valence-corrected chi connectivity index (χ0v) is 16.1. The van der Waals surface area contributed by atoms with Crippen LogP contribution in [-0.4, -0.2) is 14.7 Å². The van der Waals surface area contributed by atoms with Crippen LogP contribution in [0.2, 0.25) is 0 Å². The highest BCUT2D eigenvalue weighted by Gasteiger charge is 2.26. The average Bonchev–Trinajstić information content (AvgIpc) is 2.43. The van der Waals surface area contributed by atoms with Gasteiger partial charge < -0.3 is 0 Å². The van der Waals surface area contributed by atoms with Crippen molar-refractivity contribution < 1.29 is 21.6 Å². The first kappa shape index (κ1) is 20.5. The van der Waals surface area contributed by atoms with Crippen molar-refractivity contribution in [3.8, 4) is 0 Å². The topological polar surface area (TPSA) is 34.1 Å². The Morgan fingerprint density at radius 2 is 1.46 bits per heavy atom. The molecule has 0 fully saturated rings. The molecule has 0 aliphatic heterocycles. The molecular formula is C20H23F3O2S. The molecule has 2 nitrogen and oxygen atoms in total. The highest BCUT2D eigenvalue weighted by molar-refractivity contribution is 7.90. The molecule has 0 heterocycles. The average molecular weight is 384 g/mol. The molecule has 0 aromatic heterocycles. The molecule has 0 aliphatic rings. The molecule has 0 N–H and O–H groups in total. The predicted molar refractivity (Wildman–Crippen MR) is 96.4 cm³/mol. The first-order valence-corrected chi connectivity index (χ1v) is 10.2. The van der Waals surface area contributed by atoms with Gasteiger partial charge in [-0.2, -0.15) is 0 Å². The molecule has 26 heavy (non-hydrogen) atoms. The van der Waals surface area contributed by atoms with Crippen LogP contribution in [-0.2, 0) is 16.3 Å². The number of hydrogen-bond acceptors (Lipinski definition) is 2. The van der Waals surface area contributed by atoms with E-state index >= 15 is 0 Å². The van der Waals surface area contributed by atoms with E-state index in [1.165, 1.54) is 12.1 Å². The highest BCUT2D eigenvalue weighted by Crippen LogP contribution is 2.36. The van der Waals surface area contributed by atoms with Gasteiger partial charge >= 0.3 is 0 Å². The monoisotopic (exact) mass is 384 g/mol. The maximum Gasteiger partial charge on any atom is 0.175 e. The number of rotatable bonds is 5. The number of benzene rings is 2. The van der Waals surface area contributed by atoms with E-state index in [-0.39, 0.29) is 15.9 Å². The summed E-state index contributed by atoms with van der Waals surface area (Å²) >= 11 is 0. The molecule has 1 atom stereocenters. The summed E-state index contributed by atoms with van der Waals surface area (Å²) in [5, 5.41) is 0. The quantitative estimate of drug-likeness (QED) is 0.704. The van der Waals surface area contributed by atoms with E-state index in [0.29, 0.717) is 25.0 Å². The van der Waals surface area contributed by atoms with E-state index < -0.39 is 33.2 Å². The fourth-order valence-electron chi connectivity index (χ4n) is 3.12. The zero-order chi connectivity index (χ0) is 19.7. The second kappa shape index (κ2) is 7.43. The number of halogens is 3. The van der Waals surface area contributed by atoms with Gasteiger partial charge in [0.15, 0.2) is 9.84 Å². The van der Waals surface area contributed by atoms with Gasteiger partial charge in [-0.3, -0.25) is 0 Å². The van der Waals surface area contributed by atoms with Crippen LogP contribution in [0.15, 0.2) is 41.3 Å². The van der Waals surface area contributed by atoms with Gasteiger partial charge in [-0.1, -0.05) is 32.9 Å². The summed E-state index contributed by atoms with van der Waals surface area (Å²) in [6, 6.07) is 7.64. The molecular weight excluding hydrogens is 361 g/mol. The molecule has 142 valence electrons. The SMILES string of the molecule is CC(C)(C)CC(Cc1ccc(S(C)(=O)=O)cc1)c1c(F)cc(F)cc1F. The fraction of sp³-hybridized carbons (Fsp3) is 0.400. The fourth-order valence-corrected chi connectivity index (χ4v) is 3.75. The van der Waals surface area contributed by atoms with Gasteiger partial charge in [-0.05, 0) is 41.9 Å². The van der Waals surface area contributed by atoms with Gasteiger partial charge in [-0.15, -0.1) is 0 Å². The van der Waals surface area contributed by atoms with Crippen LogP contribution in [0.5, 0.6) is 0 Å². The highest BCUT2D eigenvalue weighted by atomic mass is 32.2. The first-order valence-electron chi connectivity index (χ1n) is 8.30. The van der Waals surface area contributed by atoms with Gasteiger partial charge in [0, 0.05) is 24.0 Å². The Bertz CT molecular complexity index is 859. The molecule has 0 saturated heterocycles. The Morgan fingerprint density at radius 3 is 1.88 bits per heavy atom. The van der Waals surface area contributed by atoms with Crippen LogP contribution in [0.4, 0.5) is 13.2 Å². The van der Waals surface area contributed by atoms with Crippen LogP contribution in [0.1, 0.15) is 44.2 Å². The van der Waals surface area contributed by atoms with E-state index in [4.69, 9.17) is 0 Å². The zero-order valence-electron chi connectivity index (χ0n) is 15.3. The van der Waals surface area contributed by atoms with Crippen molar-refractivity contribution in [2.24, 2.45) is 5.41 Å². The molecule has 0 amide bonds. The third kappa shape index (κ3) is 5.34. The summed E-state index contributed by atoms with van der Waals surface area (Å²) < 4.78 is 65.0. The largest absolute Gasteiger partial charge is 0.224 e. The lowest BCUT2D eigenvalue weighted by Crippen LogP contribution is -2.17. The molecule has 2 aromatic rings. The second-order valence-corrected chi connectivity index (χ2v) is 9.88. The van der Waals surface area contributed by atoms with Crippen molar-refractivity contribution >= 4 is 9.84 Å². The summed E-state index contributed by atoms with van der Waals surface area (Å²) in [5.41, 5.74) is 0.424. The van der Waals surface area contributed by atoms with Crippen molar-refractivity contribution in [1.82, 2.24) is 0 Å². The van der Waals surface area contributed by atoms with Crippen molar-refractivity contribution in [3.05, 3.63) is 65.0 Å². The van der Waals surface area contributed by atoms with Crippen molar-refractivity contribution in [3.63, 3.8) is 0 Å². The van der Waals surface area contributed by atoms with E-state index in [1.807, 2.05) is 20.8 Å². The Kier molecular flexibility index (Phi) is 5.85. The molecule has 0 bridgehead atoms. The van der Waals surface area contributed by atoms with Crippen molar-refractivity contribution in [1.29, 1.82) is 0 Å². The van der Waals surface area contributed by atoms with Gasteiger partial charge in [-0.25, -0.2) is 21.6 Å². The Labute approximate surface area is 153 Å². The van der Waals surface area contributed by atoms with Crippen LogP contribution >= 0.6 is 0 Å². The van der Waals surface area contributed by atoms with Gasteiger partial charge in [0.05, 0.1) is 4.90 Å². The lowest BCUT2D eigenvalue weighted by Gasteiger charge is -2.27. The minimum absolute atomic E-state index is 0.131. The summed E-state index contributed by atoms with van der Waals surface area (Å²) in [6.45, 7) is 5.89. The van der Waals surface area contributed by atoms with Crippen LogP contribution < -0.4 is 0 Å². The minimum atomic E-state index is -3.31. The van der Waals surface area contributed by atoms with Crippen LogP contribution in [0.3, 0.4) is 0 Å². The normalized spacial score (nSPS) is 13.7. The third-order valence-corrected chi connectivity index (χ3v) is 5.27.